The van der Waals surface area contributed by atoms with Gasteiger partial charge in [-0.1, -0.05) is 43.2 Å². The van der Waals surface area contributed by atoms with Gasteiger partial charge in [0.1, 0.15) is 5.52 Å². The maximum absolute atomic E-state index is 13.6. The molecule has 2 aromatic heterocycles. The normalized spacial score (nSPS) is 26.5. The Bertz CT molecular complexity index is 1070. The number of carbonyl (C=O) groups is 1. The molecule has 30 heavy (non-hydrogen) atoms. The van der Waals surface area contributed by atoms with Crippen molar-refractivity contribution in [2.24, 2.45) is 11.8 Å². The number of imidazole rings is 1. The zero-order valence-corrected chi connectivity index (χ0v) is 17.1. The maximum atomic E-state index is 13.6. The summed E-state index contributed by atoms with van der Waals surface area (Å²) in [5.74, 6) is 1.05. The summed E-state index contributed by atoms with van der Waals surface area (Å²) in [6.07, 6.45) is 8.59. The first kappa shape index (κ1) is 18.1. The van der Waals surface area contributed by atoms with Gasteiger partial charge in [-0.15, -0.1) is 0 Å². The van der Waals surface area contributed by atoms with Crippen LogP contribution in [0.25, 0.3) is 11.2 Å². The van der Waals surface area contributed by atoms with E-state index in [2.05, 4.69) is 49.0 Å². The number of hydrogen-bond acceptors (Lipinski definition) is 4. The molecule has 0 bridgehead atoms. The van der Waals surface area contributed by atoms with Gasteiger partial charge in [0, 0.05) is 37.8 Å². The van der Waals surface area contributed by atoms with Crippen molar-refractivity contribution in [2.75, 3.05) is 19.6 Å². The van der Waals surface area contributed by atoms with E-state index < -0.39 is 0 Å². The highest BCUT2D eigenvalue weighted by Gasteiger charge is 2.46. The molecule has 3 atom stereocenters. The number of rotatable bonds is 3. The lowest BCUT2D eigenvalue weighted by Gasteiger charge is -2.28. The Morgan fingerprint density at radius 2 is 1.90 bits per heavy atom. The quantitative estimate of drug-likeness (QED) is 0.729. The van der Waals surface area contributed by atoms with Gasteiger partial charge in [-0.3, -0.25) is 4.79 Å². The van der Waals surface area contributed by atoms with E-state index in [0.717, 1.165) is 30.8 Å². The summed E-state index contributed by atoms with van der Waals surface area (Å²) >= 11 is 0. The number of amides is 1. The summed E-state index contributed by atoms with van der Waals surface area (Å²) in [6.45, 7) is 2.75. The zero-order chi connectivity index (χ0) is 20.1. The van der Waals surface area contributed by atoms with Crippen LogP contribution in [0.5, 0.6) is 0 Å². The van der Waals surface area contributed by atoms with Gasteiger partial charge in [0.05, 0.1) is 17.9 Å². The molecule has 2 saturated heterocycles. The molecule has 1 N–H and O–H groups in total. The Hall–Kier alpha value is -2.73. The number of nitrogens with one attached hydrogen (secondary N) is 1. The summed E-state index contributed by atoms with van der Waals surface area (Å²) in [4.78, 5) is 24.9. The Labute approximate surface area is 176 Å². The molecule has 0 radical (unpaired) electrons. The van der Waals surface area contributed by atoms with E-state index in [4.69, 9.17) is 0 Å². The van der Waals surface area contributed by atoms with E-state index >= 15 is 0 Å². The molecule has 154 valence electrons. The van der Waals surface area contributed by atoms with E-state index in [1.54, 1.807) is 6.20 Å². The highest BCUT2D eigenvalue weighted by Crippen LogP contribution is 2.43. The van der Waals surface area contributed by atoms with Gasteiger partial charge in [-0.2, -0.15) is 0 Å². The smallest absolute Gasteiger partial charge is 0.256 e. The van der Waals surface area contributed by atoms with Crippen LogP contribution in [0.4, 0.5) is 0 Å². The van der Waals surface area contributed by atoms with Gasteiger partial charge < -0.3 is 14.8 Å². The molecular formula is C24H27N5O. The Kier molecular flexibility index (Phi) is 4.34. The molecule has 6 nitrogen and oxygen atoms in total. The molecule has 6 heteroatoms. The van der Waals surface area contributed by atoms with Gasteiger partial charge in [0.15, 0.2) is 5.65 Å². The molecule has 0 unspecified atom stereocenters. The fraction of sp³-hybridized carbons (Fsp3) is 0.458. The molecule has 3 fully saturated rings. The third-order valence-corrected chi connectivity index (χ3v) is 7.34. The second kappa shape index (κ2) is 7.20. The first-order valence-corrected chi connectivity index (χ1v) is 11.2. The zero-order valence-electron chi connectivity index (χ0n) is 17.1. The molecule has 3 aliphatic rings. The lowest BCUT2D eigenvalue weighted by atomic mass is 9.89. The van der Waals surface area contributed by atoms with Crippen LogP contribution in [-0.4, -0.2) is 45.0 Å². The van der Waals surface area contributed by atoms with Crippen LogP contribution in [0.3, 0.4) is 0 Å². The third kappa shape index (κ3) is 2.85. The predicted molar refractivity (Wildman–Crippen MR) is 115 cm³/mol. The van der Waals surface area contributed by atoms with Gasteiger partial charge in [0.2, 0.25) is 0 Å². The molecule has 3 aromatic rings. The fourth-order valence-electron chi connectivity index (χ4n) is 5.86. The van der Waals surface area contributed by atoms with Crippen molar-refractivity contribution >= 4 is 17.1 Å². The van der Waals surface area contributed by atoms with Crippen molar-refractivity contribution in [1.29, 1.82) is 0 Å². The number of benzene rings is 1. The second-order valence-corrected chi connectivity index (χ2v) is 9.05. The summed E-state index contributed by atoms with van der Waals surface area (Å²) < 4.78 is 2.20. The van der Waals surface area contributed by atoms with Crippen LogP contribution in [0.15, 0.2) is 48.9 Å². The van der Waals surface area contributed by atoms with E-state index in [0.29, 0.717) is 23.4 Å². The van der Waals surface area contributed by atoms with Crippen molar-refractivity contribution in [1.82, 2.24) is 24.8 Å². The number of fused-ring (bicyclic) bond motifs is 2. The van der Waals surface area contributed by atoms with Crippen LogP contribution in [0, 0.1) is 11.8 Å². The minimum Gasteiger partial charge on any atom is -0.331 e. The van der Waals surface area contributed by atoms with Crippen LogP contribution in [0.2, 0.25) is 0 Å². The molecule has 1 aromatic carbocycles. The number of aromatic nitrogens is 3. The molecule has 1 saturated carbocycles. The minimum atomic E-state index is 0.0723. The van der Waals surface area contributed by atoms with Crippen molar-refractivity contribution in [3.05, 3.63) is 60.0 Å². The third-order valence-electron chi connectivity index (χ3n) is 7.34. The monoisotopic (exact) mass is 401 g/mol. The van der Waals surface area contributed by atoms with E-state index in [1.165, 1.54) is 31.2 Å². The molecule has 1 amide bonds. The first-order chi connectivity index (χ1) is 14.8. The topological polar surface area (TPSA) is 63.1 Å². The van der Waals surface area contributed by atoms with Crippen molar-refractivity contribution < 1.29 is 4.79 Å². The summed E-state index contributed by atoms with van der Waals surface area (Å²) in [6, 6.07) is 13.0. The van der Waals surface area contributed by atoms with E-state index in [1.807, 2.05) is 18.5 Å². The van der Waals surface area contributed by atoms with E-state index in [9.17, 15) is 4.79 Å². The second-order valence-electron chi connectivity index (χ2n) is 9.05. The molecule has 6 rings (SSSR count). The van der Waals surface area contributed by atoms with Crippen LogP contribution in [0.1, 0.15) is 53.7 Å². The Morgan fingerprint density at radius 3 is 2.73 bits per heavy atom. The number of carbonyl (C=O) groups excluding carboxylic acids is 1. The highest BCUT2D eigenvalue weighted by atomic mass is 16.2. The van der Waals surface area contributed by atoms with Gasteiger partial charge in [-0.05, 0) is 30.4 Å². The molecule has 4 heterocycles. The summed E-state index contributed by atoms with van der Waals surface area (Å²) in [5, 5.41) is 3.51. The average Bonchev–Trinajstić information content (AvgIpc) is 3.56. The highest BCUT2D eigenvalue weighted by molar-refractivity contribution is 5.96. The Morgan fingerprint density at radius 1 is 1.07 bits per heavy atom. The Balaban J connectivity index is 1.33. The number of nitrogens with zero attached hydrogens (tertiary/aromatic N) is 4. The minimum absolute atomic E-state index is 0.0723. The molecule has 2 aliphatic heterocycles. The van der Waals surface area contributed by atoms with E-state index in [-0.39, 0.29) is 11.9 Å². The van der Waals surface area contributed by atoms with Crippen LogP contribution < -0.4 is 5.32 Å². The van der Waals surface area contributed by atoms with Gasteiger partial charge >= 0.3 is 0 Å². The number of likely N-dealkylation sites (tertiary alicyclic amines) is 1. The van der Waals surface area contributed by atoms with Crippen molar-refractivity contribution in [2.45, 2.75) is 37.8 Å². The number of pyridine rings is 1. The number of hydrogen-bond donors (Lipinski definition) is 1. The molecule has 1 aliphatic carbocycles. The summed E-state index contributed by atoms with van der Waals surface area (Å²) in [5.41, 5.74) is 3.60. The van der Waals surface area contributed by atoms with Crippen LogP contribution >= 0.6 is 0 Å². The van der Waals surface area contributed by atoms with Gasteiger partial charge in [-0.25, -0.2) is 9.97 Å². The SMILES string of the molecule is O=C(c1cnc2c(c1)ncn2C1CCCC1)N1C[C@@H]2CNC[C@@H]2[C@H]1c1ccccc1. The fourth-order valence-corrected chi connectivity index (χ4v) is 5.86. The first-order valence-electron chi connectivity index (χ1n) is 11.2. The maximum Gasteiger partial charge on any atom is 0.256 e. The lowest BCUT2D eigenvalue weighted by Crippen LogP contribution is -2.34. The largest absolute Gasteiger partial charge is 0.331 e. The molecular weight excluding hydrogens is 374 g/mol. The summed E-state index contributed by atoms with van der Waals surface area (Å²) in [7, 11) is 0. The predicted octanol–water partition coefficient (Wildman–Crippen LogP) is 3.58. The lowest BCUT2D eigenvalue weighted by molar-refractivity contribution is 0.0714. The van der Waals surface area contributed by atoms with Crippen molar-refractivity contribution in [3.8, 4) is 0 Å². The van der Waals surface area contributed by atoms with Crippen molar-refractivity contribution in [3.63, 3.8) is 0 Å². The van der Waals surface area contributed by atoms with Crippen LogP contribution in [-0.2, 0) is 0 Å². The average molecular weight is 402 g/mol. The molecule has 0 spiro atoms. The van der Waals surface area contributed by atoms with Gasteiger partial charge in [0.25, 0.3) is 5.91 Å². The standard InChI is InChI=1S/C24H27N5O/c30-24(17-10-21-23(26-12-17)29(15-27-21)19-8-4-5-9-19)28-14-18-11-25-13-20(18)22(28)16-6-2-1-3-7-16/h1-3,6-7,10,12,15,18-20,22,25H,4-5,8-9,11,13-14H2/t18-,20-,22+/m0/s1.